The molecular weight excluding hydrogens is 258 g/mol. The van der Waals surface area contributed by atoms with Crippen LogP contribution < -0.4 is 5.73 Å². The van der Waals surface area contributed by atoms with Gasteiger partial charge in [-0.2, -0.15) is 4.98 Å². The molecule has 2 heterocycles. The second-order valence-electron chi connectivity index (χ2n) is 5.57. The molecule has 7 nitrogen and oxygen atoms in total. The molecule has 2 saturated carbocycles. The van der Waals surface area contributed by atoms with E-state index in [1.54, 1.807) is 6.20 Å². The summed E-state index contributed by atoms with van der Waals surface area (Å²) in [6, 6.07) is 0. The summed E-state index contributed by atoms with van der Waals surface area (Å²) in [4.78, 5) is 20.0. The zero-order valence-electron chi connectivity index (χ0n) is 11.0. The maximum Gasteiger partial charge on any atom is 0.268 e. The van der Waals surface area contributed by atoms with Gasteiger partial charge in [-0.1, -0.05) is 5.16 Å². The smallest absolute Gasteiger partial charge is 0.268 e. The summed E-state index contributed by atoms with van der Waals surface area (Å²) in [5.74, 6) is 2.63. The third-order valence-corrected chi connectivity index (χ3v) is 3.72. The van der Waals surface area contributed by atoms with Gasteiger partial charge in [0.15, 0.2) is 5.82 Å². The van der Waals surface area contributed by atoms with E-state index < -0.39 is 5.91 Å². The molecule has 20 heavy (non-hydrogen) atoms. The molecule has 2 aliphatic rings. The molecule has 0 aromatic carbocycles. The highest BCUT2D eigenvalue weighted by atomic mass is 16.5. The van der Waals surface area contributed by atoms with Crippen molar-refractivity contribution in [2.24, 2.45) is 5.73 Å². The summed E-state index contributed by atoms with van der Waals surface area (Å²) < 4.78 is 7.16. The number of nitrogens with two attached hydrogens (primary N) is 1. The van der Waals surface area contributed by atoms with Crippen molar-refractivity contribution in [1.29, 1.82) is 0 Å². The summed E-state index contributed by atoms with van der Waals surface area (Å²) >= 11 is 0. The predicted octanol–water partition coefficient (Wildman–Crippen LogP) is 1.17. The number of hydrogen-bond donors (Lipinski definition) is 1. The van der Waals surface area contributed by atoms with Gasteiger partial charge in [-0.3, -0.25) is 4.79 Å². The quantitative estimate of drug-likeness (QED) is 0.881. The number of nitrogens with zero attached hydrogens (tertiary/aromatic N) is 4. The Kier molecular flexibility index (Phi) is 2.42. The van der Waals surface area contributed by atoms with Crippen LogP contribution in [0.15, 0.2) is 10.7 Å². The Bertz CT molecular complexity index is 666. The highest BCUT2D eigenvalue weighted by molar-refractivity contribution is 5.90. The summed E-state index contributed by atoms with van der Waals surface area (Å²) in [6.07, 6.45) is 6.16. The number of aromatic nitrogens is 4. The maximum absolute atomic E-state index is 11.3. The minimum atomic E-state index is -0.502. The Morgan fingerprint density at radius 2 is 2.05 bits per heavy atom. The molecule has 0 radical (unpaired) electrons. The first-order chi connectivity index (χ1) is 9.70. The van der Waals surface area contributed by atoms with Crippen LogP contribution >= 0.6 is 0 Å². The lowest BCUT2D eigenvalue weighted by Crippen LogP contribution is -2.11. The minimum absolute atomic E-state index is 0.304. The van der Waals surface area contributed by atoms with Crippen LogP contribution in [0, 0.1) is 0 Å². The van der Waals surface area contributed by atoms with Crippen molar-refractivity contribution >= 4 is 5.91 Å². The van der Waals surface area contributed by atoms with E-state index in [1.807, 2.05) is 4.57 Å². The molecule has 2 N–H and O–H groups in total. The van der Waals surface area contributed by atoms with E-state index in [0.717, 1.165) is 37.4 Å². The number of carbonyl (C=O) groups is 1. The molecule has 2 aromatic heterocycles. The van der Waals surface area contributed by atoms with Crippen molar-refractivity contribution in [3.63, 3.8) is 0 Å². The van der Waals surface area contributed by atoms with E-state index in [1.165, 1.54) is 0 Å². The number of carbonyl (C=O) groups excluding carboxylic acids is 1. The van der Waals surface area contributed by atoms with Gasteiger partial charge in [0.1, 0.15) is 11.5 Å². The van der Waals surface area contributed by atoms with Crippen LogP contribution in [0.2, 0.25) is 0 Å². The summed E-state index contributed by atoms with van der Waals surface area (Å²) in [5.41, 5.74) is 5.60. The molecular formula is C13H15N5O2. The van der Waals surface area contributed by atoms with E-state index >= 15 is 0 Å². The average Bonchev–Trinajstić information content (AvgIpc) is 3.35. The molecule has 0 atom stereocenters. The van der Waals surface area contributed by atoms with E-state index in [0.29, 0.717) is 29.9 Å². The van der Waals surface area contributed by atoms with Gasteiger partial charge >= 0.3 is 0 Å². The SMILES string of the molecule is NC(=O)c1cn(Cc2noc(C3CC3)n2)c(C2CC2)n1. The van der Waals surface area contributed by atoms with Crippen molar-refractivity contribution in [1.82, 2.24) is 19.7 Å². The van der Waals surface area contributed by atoms with E-state index in [2.05, 4.69) is 15.1 Å². The van der Waals surface area contributed by atoms with Crippen molar-refractivity contribution < 1.29 is 9.32 Å². The Morgan fingerprint density at radius 3 is 2.70 bits per heavy atom. The first-order valence-electron chi connectivity index (χ1n) is 6.90. The summed E-state index contributed by atoms with van der Waals surface area (Å²) in [5, 5.41) is 4.00. The van der Waals surface area contributed by atoms with Gasteiger partial charge in [0.25, 0.3) is 5.91 Å². The Labute approximate surface area is 115 Å². The van der Waals surface area contributed by atoms with Crippen LogP contribution in [0.1, 0.15) is 65.5 Å². The number of rotatable bonds is 5. The topological polar surface area (TPSA) is 99.8 Å². The van der Waals surface area contributed by atoms with Gasteiger partial charge in [-0.05, 0) is 25.7 Å². The highest BCUT2D eigenvalue weighted by Gasteiger charge is 2.31. The lowest BCUT2D eigenvalue weighted by Gasteiger charge is -2.02. The third kappa shape index (κ3) is 2.09. The van der Waals surface area contributed by atoms with Gasteiger partial charge in [0, 0.05) is 18.0 Å². The monoisotopic (exact) mass is 273 g/mol. The highest BCUT2D eigenvalue weighted by Crippen LogP contribution is 2.40. The molecule has 0 spiro atoms. The molecule has 0 aliphatic heterocycles. The standard InChI is InChI=1S/C13H15N5O2/c14-11(19)9-5-18(12(15-9)7-1-2-7)6-10-16-13(20-17-10)8-3-4-8/h5,7-8H,1-4,6H2,(H2,14,19). The molecule has 2 aromatic rings. The normalized spacial score (nSPS) is 18.4. The van der Waals surface area contributed by atoms with E-state index in [4.69, 9.17) is 10.3 Å². The average molecular weight is 273 g/mol. The Balaban J connectivity index is 1.61. The van der Waals surface area contributed by atoms with Crippen LogP contribution in [0.3, 0.4) is 0 Å². The van der Waals surface area contributed by atoms with Crippen molar-refractivity contribution in [3.05, 3.63) is 29.4 Å². The molecule has 0 bridgehead atoms. The largest absolute Gasteiger partial charge is 0.364 e. The van der Waals surface area contributed by atoms with Crippen LogP contribution in [0.4, 0.5) is 0 Å². The second-order valence-corrected chi connectivity index (χ2v) is 5.57. The Morgan fingerprint density at radius 1 is 1.30 bits per heavy atom. The first kappa shape index (κ1) is 11.6. The number of primary amides is 1. The lowest BCUT2D eigenvalue weighted by molar-refractivity contribution is 0.0996. The van der Waals surface area contributed by atoms with Gasteiger partial charge in [-0.25, -0.2) is 4.98 Å². The lowest BCUT2D eigenvalue weighted by atomic mass is 10.4. The van der Waals surface area contributed by atoms with Crippen LogP contribution in [-0.2, 0) is 6.54 Å². The zero-order chi connectivity index (χ0) is 13.7. The number of amides is 1. The second kappa shape index (κ2) is 4.16. The molecule has 0 saturated heterocycles. The Hall–Kier alpha value is -2.18. The van der Waals surface area contributed by atoms with Crippen molar-refractivity contribution in [2.45, 2.75) is 44.1 Å². The van der Waals surface area contributed by atoms with Crippen LogP contribution in [-0.4, -0.2) is 25.6 Å². The van der Waals surface area contributed by atoms with E-state index in [-0.39, 0.29) is 0 Å². The van der Waals surface area contributed by atoms with Gasteiger partial charge < -0.3 is 14.8 Å². The zero-order valence-corrected chi connectivity index (χ0v) is 11.0. The molecule has 2 aliphatic carbocycles. The van der Waals surface area contributed by atoms with Gasteiger partial charge in [0.05, 0.1) is 6.54 Å². The van der Waals surface area contributed by atoms with Crippen LogP contribution in [0.5, 0.6) is 0 Å². The third-order valence-electron chi connectivity index (χ3n) is 3.72. The van der Waals surface area contributed by atoms with Crippen LogP contribution in [0.25, 0.3) is 0 Å². The predicted molar refractivity (Wildman–Crippen MR) is 68.1 cm³/mol. The van der Waals surface area contributed by atoms with E-state index in [9.17, 15) is 4.79 Å². The van der Waals surface area contributed by atoms with Crippen molar-refractivity contribution in [3.8, 4) is 0 Å². The molecule has 7 heteroatoms. The molecule has 4 rings (SSSR count). The molecule has 2 fully saturated rings. The minimum Gasteiger partial charge on any atom is -0.364 e. The fourth-order valence-electron chi connectivity index (χ4n) is 2.32. The number of imidazole rings is 1. The van der Waals surface area contributed by atoms with Crippen molar-refractivity contribution in [2.75, 3.05) is 0 Å². The van der Waals surface area contributed by atoms with Gasteiger partial charge in [-0.15, -0.1) is 0 Å². The fourth-order valence-corrected chi connectivity index (χ4v) is 2.32. The molecule has 0 unspecified atom stereocenters. The van der Waals surface area contributed by atoms with Gasteiger partial charge in [0.2, 0.25) is 5.89 Å². The fraction of sp³-hybridized carbons (Fsp3) is 0.538. The summed E-state index contributed by atoms with van der Waals surface area (Å²) in [6.45, 7) is 0.475. The first-order valence-corrected chi connectivity index (χ1v) is 6.90. The maximum atomic E-state index is 11.3. The summed E-state index contributed by atoms with van der Waals surface area (Å²) in [7, 11) is 0. The molecule has 1 amide bonds. The number of hydrogen-bond acceptors (Lipinski definition) is 5. The molecule has 104 valence electrons.